The summed E-state index contributed by atoms with van der Waals surface area (Å²) in [6, 6.07) is 0. The summed E-state index contributed by atoms with van der Waals surface area (Å²) in [4.78, 5) is 29.3. The summed E-state index contributed by atoms with van der Waals surface area (Å²) in [6.45, 7) is 26.9. The van der Waals surface area contributed by atoms with Gasteiger partial charge in [0.25, 0.3) is 0 Å². The highest BCUT2D eigenvalue weighted by Crippen LogP contribution is 2.77. The largest absolute Gasteiger partial charge is 0.465 e. The molecule has 6 nitrogen and oxygen atoms in total. The minimum atomic E-state index is -0.134. The van der Waals surface area contributed by atoms with E-state index in [1.807, 2.05) is 0 Å². The van der Waals surface area contributed by atoms with Crippen molar-refractivity contribution in [2.75, 3.05) is 46.4 Å². The van der Waals surface area contributed by atoms with Gasteiger partial charge in [0, 0.05) is 57.4 Å². The van der Waals surface area contributed by atoms with E-state index in [0.717, 1.165) is 52.0 Å². The summed E-state index contributed by atoms with van der Waals surface area (Å²) < 4.78 is 11.9. The van der Waals surface area contributed by atoms with Crippen LogP contribution in [0.1, 0.15) is 113 Å². The van der Waals surface area contributed by atoms with E-state index in [2.05, 4.69) is 51.5 Å². The van der Waals surface area contributed by atoms with E-state index < -0.39 is 0 Å². The van der Waals surface area contributed by atoms with Crippen LogP contribution in [0.2, 0.25) is 0 Å². The molecular formula is C39H64N2O4. The molecule has 1 saturated heterocycles. The first-order valence-corrected chi connectivity index (χ1v) is 18.5. The number of ether oxygens (including phenoxy) is 2. The molecular weight excluding hydrogens is 560 g/mol. The van der Waals surface area contributed by atoms with Crippen molar-refractivity contribution in [2.24, 2.45) is 56.7 Å². The van der Waals surface area contributed by atoms with Crippen molar-refractivity contribution in [1.29, 1.82) is 0 Å². The summed E-state index contributed by atoms with van der Waals surface area (Å²) in [5.74, 6) is 2.65. The lowest BCUT2D eigenvalue weighted by Crippen LogP contribution is -2.67. The average Bonchev–Trinajstić information content (AvgIpc) is 3.35. The predicted molar refractivity (Wildman–Crippen MR) is 179 cm³/mol. The molecule has 10 atom stereocenters. The Hall–Kier alpha value is -1.40. The molecule has 1 aliphatic heterocycles. The number of rotatable bonds is 6. The van der Waals surface area contributed by atoms with Crippen LogP contribution in [-0.4, -0.2) is 74.2 Å². The van der Waals surface area contributed by atoms with Crippen LogP contribution in [0.5, 0.6) is 0 Å². The third-order valence-corrected chi connectivity index (χ3v) is 16.0. The molecule has 6 aliphatic rings. The first-order chi connectivity index (χ1) is 21.1. The number of nitrogens with zero attached hydrogens (tertiary/aromatic N) is 2. The van der Waals surface area contributed by atoms with Crippen molar-refractivity contribution < 1.29 is 19.1 Å². The second-order valence-electron chi connectivity index (χ2n) is 18.2. The van der Waals surface area contributed by atoms with E-state index in [4.69, 9.17) is 16.1 Å². The standard InChI is InChI=1S/C39H64N2O4/c1-26(24-41-22-20-40(9)21-23-41)29-12-17-39(25-44-27(2)42)19-18-37(7)30(34(29)39)10-11-32-36(6)15-14-33(45-28(3)43)35(4,5)31(36)13-16-38(32,37)8/h29-34H,1,10-25H2,2-9H3/t29-,30+,31-,32+,33-,34+,36-,37+,38+,39+/m0/s1. The normalized spacial score (nSPS) is 46.2. The average molecular weight is 625 g/mol. The molecule has 0 radical (unpaired) electrons. The topological polar surface area (TPSA) is 59.1 Å². The molecule has 0 spiro atoms. The monoisotopic (exact) mass is 624 g/mol. The molecule has 0 bridgehead atoms. The van der Waals surface area contributed by atoms with Crippen molar-refractivity contribution in [3.05, 3.63) is 12.2 Å². The zero-order chi connectivity index (χ0) is 32.6. The number of fused-ring (bicyclic) bond motifs is 7. The number of piperazine rings is 1. The van der Waals surface area contributed by atoms with Gasteiger partial charge in [0.1, 0.15) is 6.10 Å². The second-order valence-corrected chi connectivity index (χ2v) is 18.2. The number of hydrogen-bond donors (Lipinski definition) is 0. The fourth-order valence-electron chi connectivity index (χ4n) is 13.5. The Kier molecular flexibility index (Phi) is 8.66. The van der Waals surface area contributed by atoms with Gasteiger partial charge in [-0.05, 0) is 117 Å². The van der Waals surface area contributed by atoms with Crippen LogP contribution in [0.4, 0.5) is 0 Å². The zero-order valence-corrected chi connectivity index (χ0v) is 30.0. The molecule has 0 aromatic carbocycles. The van der Waals surface area contributed by atoms with E-state index >= 15 is 0 Å². The smallest absolute Gasteiger partial charge is 0.302 e. The van der Waals surface area contributed by atoms with Crippen LogP contribution in [0, 0.1) is 56.7 Å². The minimum Gasteiger partial charge on any atom is -0.465 e. The maximum absolute atomic E-state index is 12.2. The van der Waals surface area contributed by atoms with E-state index in [1.165, 1.54) is 50.5 Å². The molecule has 6 fully saturated rings. The number of carbonyl (C=O) groups excluding carboxylic acids is 2. The van der Waals surface area contributed by atoms with E-state index in [-0.39, 0.29) is 45.1 Å². The van der Waals surface area contributed by atoms with Gasteiger partial charge in [-0.2, -0.15) is 0 Å². The van der Waals surface area contributed by atoms with Gasteiger partial charge in [0.15, 0.2) is 0 Å². The van der Waals surface area contributed by atoms with Gasteiger partial charge in [0.2, 0.25) is 0 Å². The van der Waals surface area contributed by atoms with Gasteiger partial charge in [-0.3, -0.25) is 14.5 Å². The number of likely N-dealkylation sites (N-methyl/N-ethyl adjacent to an activating group) is 1. The molecule has 1 heterocycles. The molecule has 0 unspecified atom stereocenters. The lowest BCUT2D eigenvalue weighted by molar-refractivity contribution is -0.252. The van der Waals surface area contributed by atoms with E-state index in [1.54, 1.807) is 13.8 Å². The quantitative estimate of drug-likeness (QED) is 0.227. The number of hydrogen-bond acceptors (Lipinski definition) is 6. The SMILES string of the molecule is C=C(CN1CCN(C)CC1)[C@@H]1CC[C@]2(COC(C)=O)CC[C@]3(C)[C@H](CC[C@@H]4[C@@]5(C)CC[C@H](OC(C)=O)C(C)(C)[C@@H]5CC[C@]43C)[C@@H]12. The zero-order valence-electron chi connectivity index (χ0n) is 30.0. The fourth-order valence-corrected chi connectivity index (χ4v) is 13.5. The highest BCUT2D eigenvalue weighted by atomic mass is 16.5. The molecule has 254 valence electrons. The van der Waals surface area contributed by atoms with Crippen molar-refractivity contribution in [2.45, 2.75) is 119 Å². The Morgan fingerprint density at radius 3 is 2.16 bits per heavy atom. The molecule has 0 N–H and O–H groups in total. The van der Waals surface area contributed by atoms with E-state index in [0.29, 0.717) is 36.2 Å². The summed E-state index contributed by atoms with van der Waals surface area (Å²) in [5.41, 5.74) is 2.29. The molecule has 6 rings (SSSR count). The van der Waals surface area contributed by atoms with Crippen LogP contribution >= 0.6 is 0 Å². The lowest BCUT2D eigenvalue weighted by Gasteiger charge is -2.73. The number of carbonyl (C=O) groups is 2. The third-order valence-electron chi connectivity index (χ3n) is 16.0. The van der Waals surface area contributed by atoms with Crippen LogP contribution in [0.3, 0.4) is 0 Å². The lowest BCUT2D eigenvalue weighted by atomic mass is 9.32. The highest BCUT2D eigenvalue weighted by Gasteiger charge is 2.71. The van der Waals surface area contributed by atoms with Crippen LogP contribution in [-0.2, 0) is 19.1 Å². The molecule has 0 aromatic heterocycles. The van der Waals surface area contributed by atoms with Crippen LogP contribution in [0.25, 0.3) is 0 Å². The van der Waals surface area contributed by atoms with Gasteiger partial charge < -0.3 is 14.4 Å². The summed E-state index contributed by atoms with van der Waals surface area (Å²) in [6.07, 6.45) is 12.0. The Morgan fingerprint density at radius 2 is 1.49 bits per heavy atom. The van der Waals surface area contributed by atoms with Crippen molar-refractivity contribution in [1.82, 2.24) is 9.80 Å². The van der Waals surface area contributed by atoms with Crippen LogP contribution in [0.15, 0.2) is 12.2 Å². The third kappa shape index (κ3) is 5.25. The highest BCUT2D eigenvalue weighted by molar-refractivity contribution is 5.66. The van der Waals surface area contributed by atoms with Crippen molar-refractivity contribution in [3.8, 4) is 0 Å². The fraction of sp³-hybridized carbons (Fsp3) is 0.897. The Balaban J connectivity index is 1.30. The minimum absolute atomic E-state index is 0.0128. The summed E-state index contributed by atoms with van der Waals surface area (Å²) in [7, 11) is 2.23. The molecule has 45 heavy (non-hydrogen) atoms. The first kappa shape index (κ1) is 33.5. The molecule has 0 aromatic rings. The molecule has 5 saturated carbocycles. The maximum Gasteiger partial charge on any atom is 0.302 e. The second kappa shape index (κ2) is 11.6. The number of esters is 2. The van der Waals surface area contributed by atoms with Crippen molar-refractivity contribution >= 4 is 11.9 Å². The molecule has 5 aliphatic carbocycles. The van der Waals surface area contributed by atoms with E-state index in [9.17, 15) is 9.59 Å². The molecule has 6 heteroatoms. The summed E-state index contributed by atoms with van der Waals surface area (Å²) in [5, 5.41) is 0. The first-order valence-electron chi connectivity index (χ1n) is 18.5. The van der Waals surface area contributed by atoms with Gasteiger partial charge in [-0.25, -0.2) is 0 Å². The van der Waals surface area contributed by atoms with Gasteiger partial charge in [-0.1, -0.05) is 46.8 Å². The van der Waals surface area contributed by atoms with Gasteiger partial charge >= 0.3 is 11.9 Å². The van der Waals surface area contributed by atoms with Crippen molar-refractivity contribution in [3.63, 3.8) is 0 Å². The Bertz CT molecular complexity index is 1180. The van der Waals surface area contributed by atoms with Gasteiger partial charge in [0.05, 0.1) is 6.61 Å². The Morgan fingerprint density at radius 1 is 0.778 bits per heavy atom. The predicted octanol–water partition coefficient (Wildman–Crippen LogP) is 7.37. The van der Waals surface area contributed by atoms with Gasteiger partial charge in [-0.15, -0.1) is 0 Å². The Labute approximate surface area is 274 Å². The summed E-state index contributed by atoms with van der Waals surface area (Å²) >= 11 is 0. The molecule has 0 amide bonds. The van der Waals surface area contributed by atoms with Crippen LogP contribution < -0.4 is 0 Å². The maximum atomic E-state index is 12.2.